The van der Waals surface area contributed by atoms with Gasteiger partial charge >= 0.3 is 12.0 Å². The van der Waals surface area contributed by atoms with E-state index < -0.39 is 11.9 Å². The van der Waals surface area contributed by atoms with Crippen molar-refractivity contribution >= 4 is 17.9 Å². The molecule has 0 unspecified atom stereocenters. The summed E-state index contributed by atoms with van der Waals surface area (Å²) in [6.07, 6.45) is 1.10. The van der Waals surface area contributed by atoms with Gasteiger partial charge in [-0.2, -0.15) is 4.98 Å². The van der Waals surface area contributed by atoms with Crippen molar-refractivity contribution in [1.29, 1.82) is 0 Å². The van der Waals surface area contributed by atoms with E-state index in [9.17, 15) is 9.59 Å². The number of aromatic nitrogens is 1. The van der Waals surface area contributed by atoms with Gasteiger partial charge in [0.15, 0.2) is 17.2 Å². The Hall–Kier alpha value is -3.23. The van der Waals surface area contributed by atoms with Crippen LogP contribution in [-0.4, -0.2) is 44.8 Å². The van der Waals surface area contributed by atoms with Gasteiger partial charge in [0.05, 0.1) is 27.9 Å². The van der Waals surface area contributed by atoms with Crippen molar-refractivity contribution in [3.8, 4) is 17.2 Å². The van der Waals surface area contributed by atoms with Gasteiger partial charge in [0, 0.05) is 5.56 Å². The first-order chi connectivity index (χ1) is 12.0. The second-order valence-electron chi connectivity index (χ2n) is 4.63. The molecule has 134 valence electrons. The molecule has 0 aliphatic rings. The van der Waals surface area contributed by atoms with Crippen molar-refractivity contribution in [2.75, 3.05) is 33.3 Å². The van der Waals surface area contributed by atoms with Crippen LogP contribution in [-0.2, 0) is 4.74 Å². The molecule has 2 rings (SSSR count). The van der Waals surface area contributed by atoms with E-state index in [2.05, 4.69) is 10.3 Å². The van der Waals surface area contributed by atoms with Gasteiger partial charge in [-0.25, -0.2) is 4.79 Å². The Morgan fingerprint density at radius 2 is 1.76 bits per heavy atom. The third kappa shape index (κ3) is 4.00. The number of esters is 1. The maximum absolute atomic E-state index is 12.4. The van der Waals surface area contributed by atoms with Gasteiger partial charge in [-0.15, -0.1) is 0 Å². The second-order valence-corrected chi connectivity index (χ2v) is 4.63. The van der Waals surface area contributed by atoms with Crippen LogP contribution in [0, 0.1) is 0 Å². The number of benzene rings is 1. The Bertz CT molecular complexity index is 745. The summed E-state index contributed by atoms with van der Waals surface area (Å²) < 4.78 is 25.4. The summed E-state index contributed by atoms with van der Waals surface area (Å²) in [7, 11) is 4.35. The van der Waals surface area contributed by atoms with E-state index in [-0.39, 0.29) is 23.9 Å². The Kier molecular flexibility index (Phi) is 5.83. The van der Waals surface area contributed by atoms with Crippen LogP contribution in [0.25, 0.3) is 0 Å². The first-order valence-electron chi connectivity index (χ1n) is 7.28. The average molecular weight is 350 g/mol. The number of nitrogens with one attached hydrogen (secondary N) is 1. The van der Waals surface area contributed by atoms with Gasteiger partial charge in [-0.05, 0) is 19.1 Å². The number of amides is 1. The van der Waals surface area contributed by atoms with Crippen LogP contribution >= 0.6 is 0 Å². The van der Waals surface area contributed by atoms with E-state index in [0.29, 0.717) is 17.2 Å². The zero-order valence-corrected chi connectivity index (χ0v) is 14.2. The highest BCUT2D eigenvalue weighted by atomic mass is 16.5. The molecule has 1 aromatic heterocycles. The van der Waals surface area contributed by atoms with Crippen LogP contribution in [0.5, 0.6) is 17.2 Å². The third-order valence-corrected chi connectivity index (χ3v) is 3.14. The monoisotopic (exact) mass is 350 g/mol. The molecule has 0 atom stereocenters. The highest BCUT2D eigenvalue weighted by molar-refractivity contribution is 6.04. The summed E-state index contributed by atoms with van der Waals surface area (Å²) in [6, 6.07) is 2.82. The maximum Gasteiger partial charge on any atom is 0.360 e. The quantitative estimate of drug-likeness (QED) is 0.756. The van der Waals surface area contributed by atoms with E-state index >= 15 is 0 Å². The summed E-state index contributed by atoms with van der Waals surface area (Å²) in [6.45, 7) is 1.88. The minimum Gasteiger partial charge on any atom is -0.493 e. The summed E-state index contributed by atoms with van der Waals surface area (Å²) in [4.78, 5) is 27.8. The van der Waals surface area contributed by atoms with Gasteiger partial charge in [0.1, 0.15) is 6.26 Å². The molecule has 25 heavy (non-hydrogen) atoms. The highest BCUT2D eigenvalue weighted by Gasteiger charge is 2.19. The molecule has 0 aliphatic heterocycles. The SMILES string of the molecule is CCOC(=O)c1coc(NC(=O)c2cc(OC)c(OC)c(OC)c2)n1. The fraction of sp³-hybridized carbons (Fsp3) is 0.312. The summed E-state index contributed by atoms with van der Waals surface area (Å²) in [5.74, 6) is -0.156. The second kappa shape index (κ2) is 8.04. The van der Waals surface area contributed by atoms with Gasteiger partial charge < -0.3 is 23.4 Å². The van der Waals surface area contributed by atoms with Crippen molar-refractivity contribution in [2.24, 2.45) is 0 Å². The van der Waals surface area contributed by atoms with Crippen molar-refractivity contribution in [1.82, 2.24) is 4.98 Å². The van der Waals surface area contributed by atoms with Crippen LogP contribution in [0.2, 0.25) is 0 Å². The third-order valence-electron chi connectivity index (χ3n) is 3.14. The molecule has 1 N–H and O–H groups in total. The minimum atomic E-state index is -0.639. The lowest BCUT2D eigenvalue weighted by Gasteiger charge is -2.13. The van der Waals surface area contributed by atoms with E-state index in [4.69, 9.17) is 23.4 Å². The van der Waals surface area contributed by atoms with E-state index in [1.807, 2.05) is 0 Å². The van der Waals surface area contributed by atoms with Gasteiger partial charge in [-0.3, -0.25) is 10.1 Å². The van der Waals surface area contributed by atoms with Gasteiger partial charge in [0.2, 0.25) is 5.75 Å². The van der Waals surface area contributed by atoms with Crippen LogP contribution in [0.15, 0.2) is 22.8 Å². The molecule has 0 radical (unpaired) electrons. The Morgan fingerprint density at radius 1 is 1.12 bits per heavy atom. The number of hydrogen-bond acceptors (Lipinski definition) is 8. The first-order valence-corrected chi connectivity index (χ1v) is 7.28. The standard InChI is InChI=1S/C16H18N2O7/c1-5-24-15(20)10-8-25-16(17-10)18-14(19)9-6-11(21-2)13(23-4)12(7-9)22-3/h6-8H,5H2,1-4H3,(H,17,18,19). The largest absolute Gasteiger partial charge is 0.493 e. The lowest BCUT2D eigenvalue weighted by Crippen LogP contribution is -2.13. The maximum atomic E-state index is 12.4. The first kappa shape index (κ1) is 18.1. The molecule has 0 aliphatic carbocycles. The van der Waals surface area contributed by atoms with Crippen molar-refractivity contribution in [3.05, 3.63) is 29.7 Å². The predicted molar refractivity (Wildman–Crippen MR) is 86.5 cm³/mol. The Balaban J connectivity index is 2.22. The van der Waals surface area contributed by atoms with Crippen LogP contribution in [0.1, 0.15) is 27.8 Å². The summed E-state index contributed by atoms with van der Waals surface area (Å²) in [5.41, 5.74) is 0.187. The van der Waals surface area contributed by atoms with E-state index in [0.717, 1.165) is 6.26 Å². The molecule has 1 aromatic carbocycles. The molecule has 1 heterocycles. The molecule has 0 spiro atoms. The predicted octanol–water partition coefficient (Wildman–Crippen LogP) is 2.13. The normalized spacial score (nSPS) is 10.1. The molecule has 1 amide bonds. The summed E-state index contributed by atoms with van der Waals surface area (Å²) in [5, 5.41) is 2.44. The molecule has 0 saturated carbocycles. The Labute approximate surface area is 143 Å². The van der Waals surface area contributed by atoms with Crippen LogP contribution in [0.3, 0.4) is 0 Å². The number of anilines is 1. The minimum absolute atomic E-state index is 0.0398. The number of rotatable bonds is 7. The van der Waals surface area contributed by atoms with Gasteiger partial charge in [-0.1, -0.05) is 0 Å². The molecule has 0 saturated heterocycles. The molecule has 2 aromatic rings. The molecule has 9 nitrogen and oxygen atoms in total. The highest BCUT2D eigenvalue weighted by Crippen LogP contribution is 2.38. The number of carbonyl (C=O) groups is 2. The van der Waals surface area contributed by atoms with E-state index in [1.165, 1.54) is 33.5 Å². The summed E-state index contributed by atoms with van der Waals surface area (Å²) >= 11 is 0. The topological polar surface area (TPSA) is 109 Å². The van der Waals surface area contributed by atoms with Crippen LogP contribution < -0.4 is 19.5 Å². The average Bonchev–Trinajstić information content (AvgIpc) is 3.09. The zero-order valence-electron chi connectivity index (χ0n) is 14.2. The number of ether oxygens (including phenoxy) is 4. The number of methoxy groups -OCH3 is 3. The van der Waals surface area contributed by atoms with Crippen molar-refractivity contribution < 1.29 is 33.0 Å². The number of oxazole rings is 1. The smallest absolute Gasteiger partial charge is 0.360 e. The lowest BCUT2D eigenvalue weighted by molar-refractivity contribution is 0.0519. The number of nitrogens with zero attached hydrogens (tertiary/aromatic N) is 1. The van der Waals surface area contributed by atoms with Gasteiger partial charge in [0.25, 0.3) is 5.91 Å². The number of carbonyl (C=O) groups excluding carboxylic acids is 2. The molecular formula is C16H18N2O7. The van der Waals surface area contributed by atoms with E-state index in [1.54, 1.807) is 6.92 Å². The Morgan fingerprint density at radius 3 is 2.28 bits per heavy atom. The van der Waals surface area contributed by atoms with Crippen molar-refractivity contribution in [3.63, 3.8) is 0 Å². The fourth-order valence-corrected chi connectivity index (χ4v) is 2.01. The zero-order chi connectivity index (χ0) is 18.4. The molecule has 0 fully saturated rings. The fourth-order valence-electron chi connectivity index (χ4n) is 2.01. The van der Waals surface area contributed by atoms with Crippen LogP contribution in [0.4, 0.5) is 6.01 Å². The lowest BCUT2D eigenvalue weighted by atomic mass is 10.1. The van der Waals surface area contributed by atoms with Crippen molar-refractivity contribution in [2.45, 2.75) is 6.92 Å². The molecular weight excluding hydrogens is 332 g/mol. The number of hydrogen-bond donors (Lipinski definition) is 1. The molecule has 0 bridgehead atoms. The molecule has 9 heteroatoms.